The van der Waals surface area contributed by atoms with Crippen molar-refractivity contribution in [2.24, 2.45) is 0 Å². The van der Waals surface area contributed by atoms with Gasteiger partial charge in [-0.2, -0.15) is 0 Å². The molecular weight excluding hydrogens is 218 g/mol. The smallest absolute Gasteiger partial charge is 0.406 e. The van der Waals surface area contributed by atoms with Gasteiger partial charge in [0.25, 0.3) is 0 Å². The van der Waals surface area contributed by atoms with Gasteiger partial charge in [0.1, 0.15) is 5.75 Å². The fourth-order valence-electron chi connectivity index (χ4n) is 1.64. The Bertz CT molecular complexity index is 377. The van der Waals surface area contributed by atoms with Crippen molar-refractivity contribution >= 4 is 6.09 Å². The number of rotatable bonds is 5. The van der Waals surface area contributed by atoms with E-state index in [0.29, 0.717) is 6.54 Å². The van der Waals surface area contributed by atoms with Crippen LogP contribution in [-0.2, 0) is 17.6 Å². The molecule has 17 heavy (non-hydrogen) atoms. The molecule has 0 saturated carbocycles. The molecule has 94 valence electrons. The van der Waals surface area contributed by atoms with Crippen molar-refractivity contribution in [2.75, 3.05) is 20.8 Å². The SMILES string of the molecule is CCc1cc(CCNC(=O)OC)ccc1OC. The Morgan fingerprint density at radius 2 is 2.12 bits per heavy atom. The lowest BCUT2D eigenvalue weighted by molar-refractivity contribution is 0.171. The summed E-state index contributed by atoms with van der Waals surface area (Å²) in [7, 11) is 3.03. The van der Waals surface area contributed by atoms with Crippen molar-refractivity contribution in [3.05, 3.63) is 29.3 Å². The first-order valence-corrected chi connectivity index (χ1v) is 5.68. The van der Waals surface area contributed by atoms with E-state index in [1.807, 2.05) is 12.1 Å². The first-order chi connectivity index (χ1) is 8.21. The molecule has 0 saturated heterocycles. The number of hydrogen-bond donors (Lipinski definition) is 1. The molecule has 1 aromatic carbocycles. The molecule has 0 unspecified atom stereocenters. The summed E-state index contributed by atoms with van der Waals surface area (Å²) in [5.41, 5.74) is 2.36. The van der Waals surface area contributed by atoms with Gasteiger partial charge in [-0.3, -0.25) is 0 Å². The van der Waals surface area contributed by atoms with Gasteiger partial charge in [0.05, 0.1) is 14.2 Å². The standard InChI is InChI=1S/C13H19NO3/c1-4-11-9-10(5-6-12(11)16-2)7-8-14-13(15)17-3/h5-6,9H,4,7-8H2,1-3H3,(H,14,15). The zero-order chi connectivity index (χ0) is 12.7. The van der Waals surface area contributed by atoms with E-state index in [-0.39, 0.29) is 0 Å². The van der Waals surface area contributed by atoms with Gasteiger partial charge < -0.3 is 14.8 Å². The van der Waals surface area contributed by atoms with Crippen LogP contribution in [0.2, 0.25) is 0 Å². The van der Waals surface area contributed by atoms with Crippen LogP contribution in [0.3, 0.4) is 0 Å². The highest BCUT2D eigenvalue weighted by Crippen LogP contribution is 2.20. The maximum absolute atomic E-state index is 10.9. The Morgan fingerprint density at radius 3 is 2.71 bits per heavy atom. The molecule has 1 amide bonds. The Balaban J connectivity index is 2.57. The van der Waals surface area contributed by atoms with Crippen LogP contribution in [0.5, 0.6) is 5.75 Å². The second-order valence-electron chi connectivity index (χ2n) is 3.67. The van der Waals surface area contributed by atoms with Gasteiger partial charge >= 0.3 is 6.09 Å². The summed E-state index contributed by atoms with van der Waals surface area (Å²) in [4.78, 5) is 10.9. The summed E-state index contributed by atoms with van der Waals surface area (Å²) in [6, 6.07) is 6.08. The van der Waals surface area contributed by atoms with Crippen molar-refractivity contribution in [1.29, 1.82) is 0 Å². The van der Waals surface area contributed by atoms with Crippen LogP contribution in [0.15, 0.2) is 18.2 Å². The molecule has 0 heterocycles. The third-order valence-corrected chi connectivity index (χ3v) is 2.59. The number of amides is 1. The summed E-state index contributed by atoms with van der Waals surface area (Å²) in [6.07, 6.45) is 1.32. The Morgan fingerprint density at radius 1 is 1.35 bits per heavy atom. The number of ether oxygens (including phenoxy) is 2. The number of aryl methyl sites for hydroxylation is 1. The van der Waals surface area contributed by atoms with E-state index in [4.69, 9.17) is 4.74 Å². The van der Waals surface area contributed by atoms with Crippen LogP contribution in [0.1, 0.15) is 18.1 Å². The third-order valence-electron chi connectivity index (χ3n) is 2.59. The van der Waals surface area contributed by atoms with E-state index in [1.165, 1.54) is 18.2 Å². The lowest BCUT2D eigenvalue weighted by Gasteiger charge is -2.09. The van der Waals surface area contributed by atoms with Crippen LogP contribution < -0.4 is 10.1 Å². The summed E-state index contributed by atoms with van der Waals surface area (Å²) < 4.78 is 9.76. The average molecular weight is 237 g/mol. The van der Waals surface area contributed by atoms with Crippen LogP contribution >= 0.6 is 0 Å². The number of carbonyl (C=O) groups is 1. The highest BCUT2D eigenvalue weighted by molar-refractivity contribution is 5.66. The second kappa shape index (κ2) is 6.78. The normalized spacial score (nSPS) is 9.82. The van der Waals surface area contributed by atoms with Gasteiger partial charge in [-0.1, -0.05) is 19.1 Å². The minimum Gasteiger partial charge on any atom is -0.496 e. The van der Waals surface area contributed by atoms with E-state index in [1.54, 1.807) is 7.11 Å². The average Bonchev–Trinajstić information content (AvgIpc) is 2.38. The zero-order valence-electron chi connectivity index (χ0n) is 10.6. The highest BCUT2D eigenvalue weighted by atomic mass is 16.5. The second-order valence-corrected chi connectivity index (χ2v) is 3.67. The number of hydrogen-bond acceptors (Lipinski definition) is 3. The van der Waals surface area contributed by atoms with E-state index < -0.39 is 6.09 Å². The molecule has 0 aliphatic heterocycles. The number of alkyl carbamates (subject to hydrolysis) is 1. The zero-order valence-corrected chi connectivity index (χ0v) is 10.6. The van der Waals surface area contributed by atoms with Crippen molar-refractivity contribution in [2.45, 2.75) is 19.8 Å². The number of nitrogens with one attached hydrogen (secondary N) is 1. The van der Waals surface area contributed by atoms with Gasteiger partial charge in [0.2, 0.25) is 0 Å². The lowest BCUT2D eigenvalue weighted by atomic mass is 10.1. The van der Waals surface area contributed by atoms with E-state index in [2.05, 4.69) is 23.0 Å². The van der Waals surface area contributed by atoms with E-state index >= 15 is 0 Å². The molecule has 1 N–H and O–H groups in total. The first kappa shape index (κ1) is 13.4. The van der Waals surface area contributed by atoms with Crippen LogP contribution in [0.25, 0.3) is 0 Å². The number of carbonyl (C=O) groups excluding carboxylic acids is 1. The Labute approximate surface area is 102 Å². The fraction of sp³-hybridized carbons (Fsp3) is 0.462. The van der Waals surface area contributed by atoms with Gasteiger partial charge in [0.15, 0.2) is 0 Å². The molecule has 0 aromatic heterocycles. The summed E-state index contributed by atoms with van der Waals surface area (Å²) in [5, 5.41) is 2.65. The molecule has 0 bridgehead atoms. The molecule has 1 rings (SSSR count). The van der Waals surface area contributed by atoms with Crippen LogP contribution in [0, 0.1) is 0 Å². The first-order valence-electron chi connectivity index (χ1n) is 5.68. The van der Waals surface area contributed by atoms with Crippen molar-refractivity contribution in [1.82, 2.24) is 5.32 Å². The number of methoxy groups -OCH3 is 2. The van der Waals surface area contributed by atoms with Crippen LogP contribution in [-0.4, -0.2) is 26.9 Å². The van der Waals surface area contributed by atoms with Crippen molar-refractivity contribution in [3.63, 3.8) is 0 Å². The molecule has 4 nitrogen and oxygen atoms in total. The van der Waals surface area contributed by atoms with Crippen molar-refractivity contribution < 1.29 is 14.3 Å². The Hall–Kier alpha value is -1.71. The molecule has 0 spiro atoms. The molecule has 1 aromatic rings. The molecule has 0 radical (unpaired) electrons. The van der Waals surface area contributed by atoms with E-state index in [0.717, 1.165) is 18.6 Å². The molecular formula is C13H19NO3. The predicted octanol–water partition coefficient (Wildman–Crippen LogP) is 2.16. The lowest BCUT2D eigenvalue weighted by Crippen LogP contribution is -2.25. The van der Waals surface area contributed by atoms with Gasteiger partial charge in [-0.05, 0) is 30.0 Å². The minimum absolute atomic E-state index is 0.394. The van der Waals surface area contributed by atoms with Crippen molar-refractivity contribution in [3.8, 4) is 5.75 Å². The number of benzene rings is 1. The fourth-order valence-corrected chi connectivity index (χ4v) is 1.64. The predicted molar refractivity (Wildman–Crippen MR) is 66.5 cm³/mol. The maximum Gasteiger partial charge on any atom is 0.406 e. The topological polar surface area (TPSA) is 47.6 Å². The summed E-state index contributed by atoms with van der Waals surface area (Å²) >= 11 is 0. The molecule has 0 aliphatic carbocycles. The minimum atomic E-state index is -0.394. The molecule has 0 fully saturated rings. The molecule has 0 aliphatic rings. The largest absolute Gasteiger partial charge is 0.496 e. The van der Waals surface area contributed by atoms with Gasteiger partial charge in [-0.15, -0.1) is 0 Å². The van der Waals surface area contributed by atoms with Crippen LogP contribution in [0.4, 0.5) is 4.79 Å². The van der Waals surface area contributed by atoms with E-state index in [9.17, 15) is 4.79 Å². The quantitative estimate of drug-likeness (QED) is 0.853. The third kappa shape index (κ3) is 3.98. The molecule has 4 heteroatoms. The summed E-state index contributed by atoms with van der Waals surface area (Å²) in [6.45, 7) is 2.66. The maximum atomic E-state index is 10.9. The summed E-state index contributed by atoms with van der Waals surface area (Å²) in [5.74, 6) is 0.914. The Kier molecular flexibility index (Phi) is 5.33. The molecule has 0 atom stereocenters. The van der Waals surface area contributed by atoms with Gasteiger partial charge in [0, 0.05) is 6.54 Å². The highest BCUT2D eigenvalue weighted by Gasteiger charge is 2.03. The van der Waals surface area contributed by atoms with Gasteiger partial charge in [-0.25, -0.2) is 4.79 Å². The monoisotopic (exact) mass is 237 g/mol.